The molecule has 7 heteroatoms. The number of nitrogens with zero attached hydrogens (tertiary/aromatic N) is 2. The van der Waals surface area contributed by atoms with E-state index in [1.54, 1.807) is 0 Å². The Morgan fingerprint density at radius 2 is 2.15 bits per heavy atom. The second-order valence-electron chi connectivity index (χ2n) is 4.53. The predicted molar refractivity (Wildman–Crippen MR) is 76.5 cm³/mol. The van der Waals surface area contributed by atoms with E-state index in [-0.39, 0.29) is 17.5 Å². The Hall–Kier alpha value is -1.46. The molecule has 110 valence electrons. The average Bonchev–Trinajstić information content (AvgIpc) is 2.42. The highest BCUT2D eigenvalue weighted by molar-refractivity contribution is 7.89. The van der Waals surface area contributed by atoms with Gasteiger partial charge in [-0.15, -0.1) is 0 Å². The Labute approximate surface area is 119 Å². The van der Waals surface area contributed by atoms with E-state index in [0.29, 0.717) is 12.1 Å². The Kier molecular flexibility index (Phi) is 6.10. The van der Waals surface area contributed by atoms with Crippen LogP contribution >= 0.6 is 0 Å². The van der Waals surface area contributed by atoms with Crippen molar-refractivity contribution < 1.29 is 13.5 Å². The zero-order valence-electron chi connectivity index (χ0n) is 11.8. The molecule has 0 radical (unpaired) electrons. The van der Waals surface area contributed by atoms with Gasteiger partial charge in [-0.2, -0.15) is 0 Å². The molecule has 0 aromatic carbocycles. The molecule has 1 unspecified atom stereocenters. The van der Waals surface area contributed by atoms with E-state index in [1.807, 2.05) is 25.9 Å². The molecule has 1 heterocycles. The summed E-state index contributed by atoms with van der Waals surface area (Å²) < 4.78 is 26.8. The van der Waals surface area contributed by atoms with Gasteiger partial charge in [0.2, 0.25) is 10.0 Å². The van der Waals surface area contributed by atoms with Gasteiger partial charge in [0.25, 0.3) is 0 Å². The zero-order valence-corrected chi connectivity index (χ0v) is 12.6. The molecule has 1 aromatic rings. The second kappa shape index (κ2) is 7.36. The van der Waals surface area contributed by atoms with Crippen LogP contribution in [0.15, 0.2) is 23.4 Å². The Morgan fingerprint density at radius 1 is 1.45 bits per heavy atom. The summed E-state index contributed by atoms with van der Waals surface area (Å²) in [6.07, 6.45) is 2.72. The van der Waals surface area contributed by atoms with Crippen molar-refractivity contribution in [1.29, 1.82) is 0 Å². The molecule has 20 heavy (non-hydrogen) atoms. The van der Waals surface area contributed by atoms with Gasteiger partial charge in [0.15, 0.2) is 0 Å². The molecule has 0 aliphatic carbocycles. The Morgan fingerprint density at radius 3 is 2.75 bits per heavy atom. The molecule has 0 aliphatic heterocycles. The first-order valence-corrected chi connectivity index (χ1v) is 7.56. The van der Waals surface area contributed by atoms with Gasteiger partial charge in [0, 0.05) is 30.5 Å². The van der Waals surface area contributed by atoms with Crippen LogP contribution in [0.1, 0.15) is 12.5 Å². The van der Waals surface area contributed by atoms with Gasteiger partial charge in [-0.3, -0.25) is 4.98 Å². The van der Waals surface area contributed by atoms with Gasteiger partial charge in [0.05, 0.1) is 0 Å². The Bertz CT molecular complexity index is 603. The van der Waals surface area contributed by atoms with Crippen molar-refractivity contribution >= 4 is 10.0 Å². The molecule has 0 spiro atoms. The summed E-state index contributed by atoms with van der Waals surface area (Å²) in [6.45, 7) is 1.95. The first-order valence-electron chi connectivity index (χ1n) is 6.07. The van der Waals surface area contributed by atoms with Crippen molar-refractivity contribution in [3.05, 3.63) is 24.0 Å². The predicted octanol–water partition coefficient (Wildman–Crippen LogP) is -0.346. The van der Waals surface area contributed by atoms with Crippen LogP contribution in [-0.2, 0) is 10.0 Å². The van der Waals surface area contributed by atoms with Gasteiger partial charge >= 0.3 is 0 Å². The summed E-state index contributed by atoms with van der Waals surface area (Å²) in [5.41, 5.74) is 0.447. The topological polar surface area (TPSA) is 82.5 Å². The van der Waals surface area contributed by atoms with Crippen LogP contribution in [0.4, 0.5) is 0 Å². The Balaban J connectivity index is 2.87. The molecule has 6 nitrogen and oxygen atoms in total. The lowest BCUT2D eigenvalue weighted by Crippen LogP contribution is -2.38. The monoisotopic (exact) mass is 297 g/mol. The molecule has 0 bridgehead atoms. The van der Waals surface area contributed by atoms with Gasteiger partial charge < -0.3 is 10.0 Å². The second-order valence-corrected chi connectivity index (χ2v) is 6.30. The molecule has 0 saturated heterocycles. The zero-order chi connectivity index (χ0) is 15.2. The maximum Gasteiger partial charge on any atom is 0.242 e. The molecule has 0 aliphatic rings. The standard InChI is InChI=1S/C13H19N3O3S/c1-11(16(2)3)8-15-20(18,19)13-7-12(5-4-6-17)9-14-10-13/h7,9-11,15,17H,6,8H2,1-3H3. The minimum Gasteiger partial charge on any atom is -0.384 e. The largest absolute Gasteiger partial charge is 0.384 e. The summed E-state index contributed by atoms with van der Waals surface area (Å²) in [6, 6.07) is 1.51. The van der Waals surface area contributed by atoms with E-state index in [2.05, 4.69) is 21.5 Å². The number of nitrogens with one attached hydrogen (secondary N) is 1. The number of aliphatic hydroxyl groups excluding tert-OH is 1. The summed E-state index contributed by atoms with van der Waals surface area (Å²) in [5, 5.41) is 8.62. The SMILES string of the molecule is CC(CNS(=O)(=O)c1cncc(C#CCO)c1)N(C)C. The summed E-state index contributed by atoms with van der Waals surface area (Å²) in [4.78, 5) is 5.84. The number of hydrogen-bond acceptors (Lipinski definition) is 5. The van der Waals surface area contributed by atoms with Gasteiger partial charge in [-0.1, -0.05) is 11.8 Å². The minimum absolute atomic E-state index is 0.0631. The number of hydrogen-bond donors (Lipinski definition) is 2. The summed E-state index contributed by atoms with van der Waals surface area (Å²) in [7, 11) is 0.155. The highest BCUT2D eigenvalue weighted by Gasteiger charge is 2.16. The quantitative estimate of drug-likeness (QED) is 0.726. The molecule has 1 atom stereocenters. The molecule has 0 amide bonds. The number of rotatable bonds is 5. The molecular formula is C13H19N3O3S. The smallest absolute Gasteiger partial charge is 0.242 e. The average molecular weight is 297 g/mol. The maximum atomic E-state index is 12.1. The number of pyridine rings is 1. The molecule has 0 fully saturated rings. The first kappa shape index (κ1) is 16.6. The van der Waals surface area contributed by atoms with Crippen LogP contribution in [0.25, 0.3) is 0 Å². The highest BCUT2D eigenvalue weighted by atomic mass is 32.2. The molecule has 1 rings (SSSR count). The third-order valence-corrected chi connectivity index (χ3v) is 4.18. The minimum atomic E-state index is -3.61. The highest BCUT2D eigenvalue weighted by Crippen LogP contribution is 2.09. The van der Waals surface area contributed by atoms with E-state index in [1.165, 1.54) is 18.5 Å². The lowest BCUT2D eigenvalue weighted by atomic mass is 10.3. The first-order chi connectivity index (χ1) is 9.36. The lowest BCUT2D eigenvalue weighted by molar-refractivity contribution is 0.314. The van der Waals surface area contributed by atoms with E-state index < -0.39 is 10.0 Å². The van der Waals surface area contributed by atoms with Crippen LogP contribution in [-0.4, -0.2) is 56.7 Å². The van der Waals surface area contributed by atoms with Crippen LogP contribution < -0.4 is 4.72 Å². The van der Waals surface area contributed by atoms with Crippen LogP contribution in [0.5, 0.6) is 0 Å². The van der Waals surface area contributed by atoms with Crippen LogP contribution in [0.2, 0.25) is 0 Å². The normalized spacial score (nSPS) is 12.8. The maximum absolute atomic E-state index is 12.1. The molecule has 0 saturated carbocycles. The number of likely N-dealkylation sites (N-methyl/N-ethyl adjacent to an activating group) is 1. The third kappa shape index (κ3) is 4.90. The fourth-order valence-electron chi connectivity index (χ4n) is 1.27. The molecule has 1 aromatic heterocycles. The number of aromatic nitrogens is 1. The summed E-state index contributed by atoms with van der Waals surface area (Å²) in [5.74, 6) is 5.08. The summed E-state index contributed by atoms with van der Waals surface area (Å²) >= 11 is 0. The fraction of sp³-hybridized carbons (Fsp3) is 0.462. The van der Waals surface area contributed by atoms with Crippen molar-refractivity contribution in [2.75, 3.05) is 27.2 Å². The van der Waals surface area contributed by atoms with E-state index in [0.717, 1.165) is 0 Å². The van der Waals surface area contributed by atoms with Crippen molar-refractivity contribution in [2.45, 2.75) is 17.9 Å². The third-order valence-electron chi connectivity index (χ3n) is 2.79. The van der Waals surface area contributed by atoms with Crippen LogP contribution in [0, 0.1) is 11.8 Å². The van der Waals surface area contributed by atoms with E-state index in [4.69, 9.17) is 5.11 Å². The van der Waals surface area contributed by atoms with Gasteiger partial charge in [-0.05, 0) is 27.1 Å². The van der Waals surface area contributed by atoms with Crippen molar-refractivity contribution in [2.24, 2.45) is 0 Å². The van der Waals surface area contributed by atoms with Gasteiger partial charge in [0.1, 0.15) is 11.5 Å². The van der Waals surface area contributed by atoms with Crippen molar-refractivity contribution in [3.8, 4) is 11.8 Å². The number of sulfonamides is 1. The molecular weight excluding hydrogens is 278 g/mol. The van der Waals surface area contributed by atoms with E-state index >= 15 is 0 Å². The number of aliphatic hydroxyl groups is 1. The lowest BCUT2D eigenvalue weighted by Gasteiger charge is -2.19. The fourth-order valence-corrected chi connectivity index (χ4v) is 2.38. The molecule has 2 N–H and O–H groups in total. The van der Waals surface area contributed by atoms with Crippen molar-refractivity contribution in [3.63, 3.8) is 0 Å². The van der Waals surface area contributed by atoms with Crippen molar-refractivity contribution in [1.82, 2.24) is 14.6 Å². The van der Waals surface area contributed by atoms with Crippen LogP contribution in [0.3, 0.4) is 0 Å². The van der Waals surface area contributed by atoms with Gasteiger partial charge in [-0.25, -0.2) is 13.1 Å². The van der Waals surface area contributed by atoms with E-state index in [9.17, 15) is 8.42 Å².